The van der Waals surface area contributed by atoms with Crippen molar-refractivity contribution < 1.29 is 14.0 Å². The minimum absolute atomic E-state index is 0.272. The fraction of sp³-hybridized carbons (Fsp3) is 0.526. The number of benzene rings is 1. The zero-order valence-corrected chi connectivity index (χ0v) is 16.7. The van der Waals surface area contributed by atoms with Gasteiger partial charge in [0.25, 0.3) is 0 Å². The second kappa shape index (κ2) is 11.0. The third kappa shape index (κ3) is 6.47. The number of ether oxygens (including phenoxy) is 2. The molecule has 1 saturated heterocycles. The van der Waals surface area contributed by atoms with Gasteiger partial charge in [0.05, 0.1) is 19.3 Å². The number of nitrogens with one attached hydrogen (secondary N) is 2. The number of hydrogen-bond donors (Lipinski definition) is 2. The fourth-order valence-electron chi connectivity index (χ4n) is 2.82. The van der Waals surface area contributed by atoms with Crippen molar-refractivity contribution in [2.75, 3.05) is 33.4 Å². The van der Waals surface area contributed by atoms with Crippen LogP contribution in [-0.4, -0.2) is 55.6 Å². The maximum absolute atomic E-state index is 6.00. The summed E-state index contributed by atoms with van der Waals surface area (Å²) < 4.78 is 16.5. The normalized spacial score (nSPS) is 17.1. The molecule has 1 fully saturated rings. The highest BCUT2D eigenvalue weighted by Gasteiger charge is 2.15. The van der Waals surface area contributed by atoms with Gasteiger partial charge >= 0.3 is 0 Å². The molecular weight excluding hydrogens is 382 g/mol. The Balaban J connectivity index is 1.34. The third-order valence-corrected chi connectivity index (χ3v) is 4.50. The van der Waals surface area contributed by atoms with E-state index in [9.17, 15) is 0 Å². The van der Waals surface area contributed by atoms with Crippen LogP contribution in [0.4, 0.5) is 0 Å². The van der Waals surface area contributed by atoms with Crippen LogP contribution in [0.1, 0.15) is 25.2 Å². The Hall–Kier alpha value is -2.16. The highest BCUT2D eigenvalue weighted by molar-refractivity contribution is 6.30. The smallest absolute Gasteiger partial charge is 0.246 e. The number of aliphatic imine (C=N–C) groups is 1. The quantitative estimate of drug-likeness (QED) is 0.375. The second-order valence-corrected chi connectivity index (χ2v) is 6.87. The van der Waals surface area contributed by atoms with E-state index in [4.69, 9.17) is 25.6 Å². The van der Waals surface area contributed by atoms with Crippen LogP contribution in [0.5, 0.6) is 0 Å². The molecule has 2 aromatic rings. The van der Waals surface area contributed by atoms with Gasteiger partial charge in [-0.05, 0) is 31.4 Å². The van der Waals surface area contributed by atoms with Crippen molar-refractivity contribution in [1.82, 2.24) is 20.8 Å². The molecule has 0 spiro atoms. The van der Waals surface area contributed by atoms with Gasteiger partial charge in [0, 0.05) is 37.4 Å². The zero-order valence-electron chi connectivity index (χ0n) is 16.0. The number of nitrogens with zero attached hydrogens (tertiary/aromatic N) is 3. The van der Waals surface area contributed by atoms with E-state index in [-0.39, 0.29) is 6.10 Å². The van der Waals surface area contributed by atoms with E-state index in [0.717, 1.165) is 38.0 Å². The van der Waals surface area contributed by atoms with Gasteiger partial charge in [-0.3, -0.25) is 4.99 Å². The first-order valence-corrected chi connectivity index (χ1v) is 9.85. The summed E-state index contributed by atoms with van der Waals surface area (Å²) in [5.41, 5.74) is 0.813. The lowest BCUT2D eigenvalue weighted by Gasteiger charge is -2.12. The Morgan fingerprint density at radius 3 is 3.11 bits per heavy atom. The molecule has 9 heteroatoms. The van der Waals surface area contributed by atoms with E-state index in [1.165, 1.54) is 0 Å². The van der Waals surface area contributed by atoms with Gasteiger partial charge in [-0.15, -0.1) is 0 Å². The summed E-state index contributed by atoms with van der Waals surface area (Å²) in [5, 5.41) is 11.0. The molecule has 1 aromatic carbocycles. The van der Waals surface area contributed by atoms with Crippen LogP contribution < -0.4 is 10.6 Å². The molecule has 1 unspecified atom stereocenters. The van der Waals surface area contributed by atoms with E-state index in [1.807, 2.05) is 12.1 Å². The predicted octanol–water partition coefficient (Wildman–Crippen LogP) is 2.64. The molecule has 0 radical (unpaired) electrons. The predicted molar refractivity (Wildman–Crippen MR) is 107 cm³/mol. The van der Waals surface area contributed by atoms with Gasteiger partial charge < -0.3 is 24.6 Å². The minimum atomic E-state index is 0.272. The van der Waals surface area contributed by atoms with Crippen LogP contribution >= 0.6 is 11.6 Å². The van der Waals surface area contributed by atoms with Crippen LogP contribution in [0.3, 0.4) is 0 Å². The van der Waals surface area contributed by atoms with Crippen molar-refractivity contribution in [2.24, 2.45) is 4.99 Å². The minimum Gasteiger partial charge on any atom is -0.379 e. The van der Waals surface area contributed by atoms with E-state index in [1.54, 1.807) is 19.2 Å². The average Bonchev–Trinajstić information content (AvgIpc) is 3.39. The lowest BCUT2D eigenvalue weighted by molar-refractivity contribution is 0.0168. The van der Waals surface area contributed by atoms with E-state index < -0.39 is 0 Å². The summed E-state index contributed by atoms with van der Waals surface area (Å²) in [7, 11) is 1.72. The Labute approximate surface area is 169 Å². The van der Waals surface area contributed by atoms with Crippen molar-refractivity contribution in [3.05, 3.63) is 35.2 Å². The Morgan fingerprint density at radius 2 is 2.32 bits per heavy atom. The maximum Gasteiger partial charge on any atom is 0.246 e. The van der Waals surface area contributed by atoms with Crippen molar-refractivity contribution >= 4 is 17.6 Å². The summed E-state index contributed by atoms with van der Waals surface area (Å²) >= 11 is 6.00. The van der Waals surface area contributed by atoms with E-state index >= 15 is 0 Å². The number of hydrogen-bond acceptors (Lipinski definition) is 6. The van der Waals surface area contributed by atoms with E-state index in [0.29, 0.717) is 42.5 Å². The highest BCUT2D eigenvalue weighted by Crippen LogP contribution is 2.19. The summed E-state index contributed by atoms with van der Waals surface area (Å²) in [6, 6.07) is 7.33. The number of rotatable bonds is 9. The van der Waals surface area contributed by atoms with Crippen molar-refractivity contribution in [1.29, 1.82) is 0 Å². The molecule has 1 aliphatic rings. The molecule has 0 amide bonds. The van der Waals surface area contributed by atoms with Gasteiger partial charge in [0.1, 0.15) is 0 Å². The first-order valence-electron chi connectivity index (χ1n) is 9.47. The molecule has 28 heavy (non-hydrogen) atoms. The summed E-state index contributed by atoms with van der Waals surface area (Å²) in [4.78, 5) is 8.56. The first-order chi connectivity index (χ1) is 13.7. The van der Waals surface area contributed by atoms with Crippen LogP contribution in [0.2, 0.25) is 5.02 Å². The average molecular weight is 408 g/mol. The lowest BCUT2D eigenvalue weighted by atomic mass is 10.2. The molecule has 2 N–H and O–H groups in total. The molecule has 1 aromatic heterocycles. The fourth-order valence-corrected chi connectivity index (χ4v) is 3.01. The van der Waals surface area contributed by atoms with Gasteiger partial charge in [-0.2, -0.15) is 4.98 Å². The molecule has 3 rings (SSSR count). The summed E-state index contributed by atoms with van der Waals surface area (Å²) in [6.07, 6.45) is 3.39. The van der Waals surface area contributed by atoms with E-state index in [2.05, 4.69) is 25.8 Å². The van der Waals surface area contributed by atoms with Crippen molar-refractivity contribution in [3.8, 4) is 11.4 Å². The Bertz CT molecular complexity index is 762. The Kier molecular flexibility index (Phi) is 8.07. The topological polar surface area (TPSA) is 93.8 Å². The van der Waals surface area contributed by atoms with Gasteiger partial charge in [-0.25, -0.2) is 0 Å². The highest BCUT2D eigenvalue weighted by atomic mass is 35.5. The third-order valence-electron chi connectivity index (χ3n) is 4.27. The molecule has 0 aliphatic carbocycles. The zero-order chi connectivity index (χ0) is 19.6. The maximum atomic E-state index is 6.00. The van der Waals surface area contributed by atoms with Gasteiger partial charge in [-0.1, -0.05) is 28.9 Å². The molecule has 1 aliphatic heterocycles. The van der Waals surface area contributed by atoms with Crippen LogP contribution in [0, 0.1) is 0 Å². The molecule has 1 atom stereocenters. The lowest BCUT2D eigenvalue weighted by Crippen LogP contribution is -2.37. The number of guanidine groups is 1. The van der Waals surface area contributed by atoms with Crippen LogP contribution in [-0.2, 0) is 16.0 Å². The molecule has 0 bridgehead atoms. The summed E-state index contributed by atoms with van der Waals surface area (Å²) in [6.45, 7) is 3.36. The number of halogens is 1. The molecule has 0 saturated carbocycles. The first kappa shape index (κ1) is 20.6. The van der Waals surface area contributed by atoms with Gasteiger partial charge in [0.15, 0.2) is 5.96 Å². The van der Waals surface area contributed by atoms with Crippen molar-refractivity contribution in [3.63, 3.8) is 0 Å². The molecule has 2 heterocycles. The van der Waals surface area contributed by atoms with Crippen molar-refractivity contribution in [2.45, 2.75) is 31.9 Å². The monoisotopic (exact) mass is 407 g/mol. The molecule has 152 valence electrons. The molecular formula is C19H26ClN5O3. The Morgan fingerprint density at radius 1 is 1.39 bits per heavy atom. The molecule has 8 nitrogen and oxygen atoms in total. The summed E-state index contributed by atoms with van der Waals surface area (Å²) in [5.74, 6) is 1.64. The van der Waals surface area contributed by atoms with Crippen LogP contribution in [0.15, 0.2) is 33.8 Å². The largest absolute Gasteiger partial charge is 0.379 e. The number of aromatic nitrogens is 2. The second-order valence-electron chi connectivity index (χ2n) is 6.44. The SMILES string of the molecule is CN=C(NCCCOCC1CCCO1)NCc1nc(-c2cccc(Cl)c2)no1. The standard InChI is InChI=1S/C19H26ClN5O3/c1-21-19(22-8-4-9-26-13-16-7-3-10-27-16)23-12-17-24-18(25-28-17)14-5-2-6-15(20)11-14/h2,5-6,11,16H,3-4,7-10,12-13H2,1H3,(H2,21,22,23). The van der Waals surface area contributed by atoms with Crippen LogP contribution in [0.25, 0.3) is 11.4 Å². The van der Waals surface area contributed by atoms with Gasteiger partial charge in [0.2, 0.25) is 11.7 Å².